The summed E-state index contributed by atoms with van der Waals surface area (Å²) in [6, 6.07) is -0.0151. The second kappa shape index (κ2) is 4.88. The van der Waals surface area contributed by atoms with E-state index in [9.17, 15) is 14.7 Å². The number of amides is 1. The minimum absolute atomic E-state index is 0.0151. The van der Waals surface area contributed by atoms with E-state index < -0.39 is 11.4 Å². The Balaban J connectivity index is 1.98. The fourth-order valence-corrected chi connectivity index (χ4v) is 3.13. The molecule has 2 aliphatic rings. The Kier molecular flexibility index (Phi) is 3.61. The molecular weight excluding hydrogens is 232 g/mol. The van der Waals surface area contributed by atoms with Crippen LogP contribution in [0.2, 0.25) is 0 Å². The van der Waals surface area contributed by atoms with Crippen LogP contribution in [0, 0.1) is 5.41 Å². The fraction of sp³-hybridized carbons (Fsp3) is 0.846. The zero-order valence-corrected chi connectivity index (χ0v) is 11.2. The van der Waals surface area contributed by atoms with E-state index in [2.05, 4.69) is 4.90 Å². The van der Waals surface area contributed by atoms with Crippen LogP contribution in [0.5, 0.6) is 0 Å². The molecule has 5 nitrogen and oxygen atoms in total. The Morgan fingerprint density at radius 3 is 2.39 bits per heavy atom. The van der Waals surface area contributed by atoms with Gasteiger partial charge in [-0.2, -0.15) is 0 Å². The third-order valence-electron chi connectivity index (χ3n) is 4.73. The Bertz CT molecular complexity index is 348. The van der Waals surface area contributed by atoms with Gasteiger partial charge in [0.15, 0.2) is 0 Å². The van der Waals surface area contributed by atoms with Gasteiger partial charge >= 0.3 is 5.97 Å². The van der Waals surface area contributed by atoms with Gasteiger partial charge in [0.05, 0.1) is 11.5 Å². The number of carboxylic acid groups (broad SMARTS) is 1. The molecule has 0 aliphatic carbocycles. The Labute approximate surface area is 108 Å². The molecular formula is C13H22N2O3. The number of carbonyl (C=O) groups excluding carboxylic acids is 1. The van der Waals surface area contributed by atoms with Gasteiger partial charge < -0.3 is 10.0 Å². The van der Waals surface area contributed by atoms with Gasteiger partial charge in [0.1, 0.15) is 0 Å². The molecule has 0 spiro atoms. The van der Waals surface area contributed by atoms with Crippen LogP contribution in [0.4, 0.5) is 0 Å². The predicted molar refractivity (Wildman–Crippen MR) is 67.2 cm³/mol. The number of piperidine rings is 1. The van der Waals surface area contributed by atoms with Crippen LogP contribution >= 0.6 is 0 Å². The molecule has 1 unspecified atom stereocenters. The quantitative estimate of drug-likeness (QED) is 0.809. The van der Waals surface area contributed by atoms with E-state index >= 15 is 0 Å². The molecule has 0 bridgehead atoms. The van der Waals surface area contributed by atoms with E-state index in [1.54, 1.807) is 4.90 Å². The monoisotopic (exact) mass is 254 g/mol. The Morgan fingerprint density at radius 1 is 1.39 bits per heavy atom. The molecule has 102 valence electrons. The maximum Gasteiger partial charge on any atom is 0.309 e. The highest BCUT2D eigenvalue weighted by molar-refractivity contribution is 5.83. The Morgan fingerprint density at radius 2 is 2.00 bits per heavy atom. The number of carboxylic acids is 1. The SMILES string of the molecule is CCC1(C(=O)O)CCN(C2CCN(C)C2=O)CC1. The molecule has 0 aromatic heterocycles. The topological polar surface area (TPSA) is 60.9 Å². The minimum Gasteiger partial charge on any atom is -0.481 e. The lowest BCUT2D eigenvalue weighted by Gasteiger charge is -2.40. The van der Waals surface area contributed by atoms with Crippen LogP contribution in [0.25, 0.3) is 0 Å². The molecule has 5 heteroatoms. The zero-order valence-electron chi connectivity index (χ0n) is 11.2. The largest absolute Gasteiger partial charge is 0.481 e. The molecule has 2 saturated heterocycles. The molecule has 1 N–H and O–H groups in total. The van der Waals surface area contributed by atoms with Crippen molar-refractivity contribution in [1.82, 2.24) is 9.80 Å². The van der Waals surface area contributed by atoms with Crippen LogP contribution in [-0.4, -0.2) is 59.5 Å². The number of likely N-dealkylation sites (tertiary alicyclic amines) is 2. The minimum atomic E-state index is -0.681. The standard InChI is InChI=1S/C13H22N2O3/c1-3-13(12(17)18)5-8-15(9-6-13)10-4-7-14(2)11(10)16/h10H,3-9H2,1-2H3,(H,17,18). The van der Waals surface area contributed by atoms with Crippen molar-refractivity contribution in [2.24, 2.45) is 5.41 Å². The average Bonchev–Trinajstić information content (AvgIpc) is 2.70. The second-order valence-electron chi connectivity index (χ2n) is 5.54. The smallest absolute Gasteiger partial charge is 0.309 e. The van der Waals surface area contributed by atoms with Gasteiger partial charge in [-0.1, -0.05) is 6.92 Å². The lowest BCUT2D eigenvalue weighted by Crippen LogP contribution is -2.50. The van der Waals surface area contributed by atoms with Crippen molar-refractivity contribution < 1.29 is 14.7 Å². The Hall–Kier alpha value is -1.10. The van der Waals surface area contributed by atoms with Crippen LogP contribution in [0.3, 0.4) is 0 Å². The first kappa shape index (κ1) is 13.3. The van der Waals surface area contributed by atoms with Crippen molar-refractivity contribution in [2.45, 2.75) is 38.6 Å². The van der Waals surface area contributed by atoms with Crippen LogP contribution in [-0.2, 0) is 9.59 Å². The highest BCUT2D eigenvalue weighted by atomic mass is 16.4. The first-order valence-electron chi connectivity index (χ1n) is 6.72. The van der Waals surface area contributed by atoms with Crippen molar-refractivity contribution in [2.75, 3.05) is 26.7 Å². The lowest BCUT2D eigenvalue weighted by molar-refractivity contribution is -0.153. The summed E-state index contributed by atoms with van der Waals surface area (Å²) in [4.78, 5) is 27.2. The molecule has 18 heavy (non-hydrogen) atoms. The van der Waals surface area contributed by atoms with Gasteiger partial charge in [-0.25, -0.2) is 0 Å². The maximum atomic E-state index is 11.9. The summed E-state index contributed by atoms with van der Waals surface area (Å²) < 4.78 is 0. The number of nitrogens with zero attached hydrogens (tertiary/aromatic N) is 2. The number of hydrogen-bond donors (Lipinski definition) is 1. The van der Waals surface area contributed by atoms with Crippen molar-refractivity contribution in [3.63, 3.8) is 0 Å². The van der Waals surface area contributed by atoms with Gasteiger partial charge in [-0.15, -0.1) is 0 Å². The first-order valence-corrected chi connectivity index (χ1v) is 6.72. The van der Waals surface area contributed by atoms with E-state index in [1.807, 2.05) is 14.0 Å². The molecule has 0 radical (unpaired) electrons. The molecule has 2 rings (SSSR count). The van der Waals surface area contributed by atoms with Gasteiger partial charge in [0, 0.05) is 26.7 Å². The molecule has 0 saturated carbocycles. The van der Waals surface area contributed by atoms with Crippen molar-refractivity contribution in [3.8, 4) is 0 Å². The van der Waals surface area contributed by atoms with Crippen LogP contribution in [0.15, 0.2) is 0 Å². The predicted octanol–water partition coefficient (Wildman–Crippen LogP) is 0.794. The molecule has 1 atom stereocenters. The van der Waals surface area contributed by atoms with E-state index in [0.717, 1.165) is 26.1 Å². The molecule has 2 fully saturated rings. The summed E-state index contributed by atoms with van der Waals surface area (Å²) in [5.41, 5.74) is -0.565. The number of carbonyl (C=O) groups is 2. The molecule has 0 aromatic rings. The zero-order chi connectivity index (χ0) is 13.3. The molecule has 0 aromatic carbocycles. The van der Waals surface area contributed by atoms with Gasteiger partial charge in [0.25, 0.3) is 0 Å². The van der Waals surface area contributed by atoms with Gasteiger partial charge in [-0.3, -0.25) is 14.5 Å². The third kappa shape index (κ3) is 2.11. The van der Waals surface area contributed by atoms with E-state index in [1.165, 1.54) is 0 Å². The number of hydrogen-bond acceptors (Lipinski definition) is 3. The number of likely N-dealkylation sites (N-methyl/N-ethyl adjacent to an activating group) is 1. The van der Waals surface area contributed by atoms with Crippen molar-refractivity contribution in [1.29, 1.82) is 0 Å². The first-order chi connectivity index (χ1) is 8.50. The second-order valence-corrected chi connectivity index (χ2v) is 5.54. The summed E-state index contributed by atoms with van der Waals surface area (Å²) >= 11 is 0. The molecule has 2 aliphatic heterocycles. The third-order valence-corrected chi connectivity index (χ3v) is 4.73. The van der Waals surface area contributed by atoms with Gasteiger partial charge in [0.2, 0.25) is 5.91 Å². The molecule has 2 heterocycles. The summed E-state index contributed by atoms with van der Waals surface area (Å²) in [6.45, 7) is 4.21. The van der Waals surface area contributed by atoms with Gasteiger partial charge in [-0.05, 0) is 25.7 Å². The fourth-order valence-electron chi connectivity index (χ4n) is 3.13. The molecule has 1 amide bonds. The highest BCUT2D eigenvalue weighted by Crippen LogP contribution is 2.36. The average molecular weight is 254 g/mol. The van der Waals surface area contributed by atoms with Crippen LogP contribution < -0.4 is 0 Å². The van der Waals surface area contributed by atoms with E-state index in [4.69, 9.17) is 0 Å². The van der Waals surface area contributed by atoms with Crippen molar-refractivity contribution >= 4 is 11.9 Å². The number of rotatable bonds is 3. The number of aliphatic carboxylic acids is 1. The van der Waals surface area contributed by atoms with E-state index in [0.29, 0.717) is 19.3 Å². The van der Waals surface area contributed by atoms with E-state index in [-0.39, 0.29) is 11.9 Å². The summed E-state index contributed by atoms with van der Waals surface area (Å²) in [5, 5.41) is 9.34. The van der Waals surface area contributed by atoms with Crippen molar-refractivity contribution in [3.05, 3.63) is 0 Å². The highest BCUT2D eigenvalue weighted by Gasteiger charge is 2.43. The normalized spacial score (nSPS) is 28.7. The van der Waals surface area contributed by atoms with Crippen LogP contribution in [0.1, 0.15) is 32.6 Å². The maximum absolute atomic E-state index is 11.9. The summed E-state index contributed by atoms with van der Waals surface area (Å²) in [7, 11) is 1.83. The summed E-state index contributed by atoms with van der Waals surface area (Å²) in [6.07, 6.45) is 2.87. The lowest BCUT2D eigenvalue weighted by atomic mass is 9.76. The summed E-state index contributed by atoms with van der Waals surface area (Å²) in [5.74, 6) is -0.492.